The van der Waals surface area contributed by atoms with E-state index in [0.29, 0.717) is 29.7 Å². The molecule has 0 amide bonds. The van der Waals surface area contributed by atoms with Crippen LogP contribution < -0.4 is 0 Å². The third kappa shape index (κ3) is 3.38. The summed E-state index contributed by atoms with van der Waals surface area (Å²) in [6.45, 7) is 6.85. The molecule has 3 aromatic rings. The van der Waals surface area contributed by atoms with Gasteiger partial charge >= 0.3 is 0 Å². The lowest BCUT2D eigenvalue weighted by Gasteiger charge is -2.07. The van der Waals surface area contributed by atoms with Crippen LogP contribution in [0.1, 0.15) is 45.0 Å². The molecule has 3 rings (SSSR count). The molecule has 0 aliphatic carbocycles. The van der Waals surface area contributed by atoms with Gasteiger partial charge in [0.25, 0.3) is 0 Å². The first-order valence-corrected chi connectivity index (χ1v) is 10.1. The molecule has 0 N–H and O–H groups in total. The minimum atomic E-state index is -0.607. The summed E-state index contributed by atoms with van der Waals surface area (Å²) in [6.07, 6.45) is 1.41. The molecule has 0 aromatic carbocycles. The maximum Gasteiger partial charge on any atom is 0.199 e. The molecule has 3 aromatic heterocycles. The number of hydrogen-bond acceptors (Lipinski definition) is 0. The molecule has 0 unspecified atom stereocenters. The fraction of sp³-hybridized carbons (Fsp3) is 0.478. The fourth-order valence-electron chi connectivity index (χ4n) is 4.40. The van der Waals surface area contributed by atoms with Gasteiger partial charge in [0.15, 0.2) is 11.9 Å². The van der Waals surface area contributed by atoms with E-state index < -0.39 is 11.8 Å². The van der Waals surface area contributed by atoms with Crippen molar-refractivity contribution in [2.45, 2.75) is 53.4 Å². The lowest BCUT2D eigenvalue weighted by Crippen LogP contribution is -2.04. The van der Waals surface area contributed by atoms with E-state index in [2.05, 4.69) is 0 Å². The third-order valence-electron chi connectivity index (χ3n) is 6.67. The van der Waals surface area contributed by atoms with Crippen molar-refractivity contribution < 1.29 is 17.6 Å². The molecular formula is C23H29F4N3. The Morgan fingerprint density at radius 3 is 1.57 bits per heavy atom. The number of hydrogen-bond donors (Lipinski definition) is 0. The highest BCUT2D eigenvalue weighted by Gasteiger charge is 2.23. The second kappa shape index (κ2) is 8.00. The lowest BCUT2D eigenvalue weighted by atomic mass is 10.0. The van der Waals surface area contributed by atoms with Gasteiger partial charge in [-0.15, -0.1) is 0 Å². The van der Waals surface area contributed by atoms with Crippen molar-refractivity contribution in [2.24, 2.45) is 21.1 Å². The van der Waals surface area contributed by atoms with Gasteiger partial charge in [0, 0.05) is 49.2 Å². The first kappa shape index (κ1) is 22.2. The zero-order chi connectivity index (χ0) is 22.5. The molecule has 0 saturated heterocycles. The van der Waals surface area contributed by atoms with E-state index in [9.17, 15) is 17.6 Å². The summed E-state index contributed by atoms with van der Waals surface area (Å²) in [5, 5.41) is 0. The topological polar surface area (TPSA) is 14.8 Å². The Hall–Kier alpha value is -2.44. The smallest absolute Gasteiger partial charge is 0.199 e. The first-order chi connectivity index (χ1) is 14.0. The van der Waals surface area contributed by atoms with Crippen LogP contribution in [0.3, 0.4) is 0 Å². The molecule has 0 spiro atoms. The van der Waals surface area contributed by atoms with Crippen molar-refractivity contribution in [1.82, 2.24) is 13.7 Å². The van der Waals surface area contributed by atoms with Crippen LogP contribution in [0.15, 0.2) is 0 Å². The average molecular weight is 423 g/mol. The Labute approximate surface area is 174 Å². The van der Waals surface area contributed by atoms with Gasteiger partial charge in [0.1, 0.15) is 11.6 Å². The Kier molecular flexibility index (Phi) is 5.94. The first-order valence-electron chi connectivity index (χ1n) is 10.1. The molecule has 0 atom stereocenters. The summed E-state index contributed by atoms with van der Waals surface area (Å²) in [5.74, 6) is -1.77. The normalized spacial score (nSPS) is 11.7. The summed E-state index contributed by atoms with van der Waals surface area (Å²) in [4.78, 5) is 0. The van der Waals surface area contributed by atoms with E-state index in [4.69, 9.17) is 0 Å². The number of nitrogens with zero attached hydrogens (tertiary/aromatic N) is 3. The monoisotopic (exact) mass is 423 g/mol. The molecule has 7 heteroatoms. The van der Waals surface area contributed by atoms with Crippen molar-refractivity contribution in [3.63, 3.8) is 0 Å². The minimum Gasteiger partial charge on any atom is -0.349 e. The highest BCUT2D eigenvalue weighted by Crippen LogP contribution is 2.27. The number of halogens is 4. The summed E-state index contributed by atoms with van der Waals surface area (Å²) in [6, 6.07) is 0. The summed E-state index contributed by atoms with van der Waals surface area (Å²) in [5.41, 5.74) is 4.38. The molecule has 0 radical (unpaired) electrons. The maximum absolute atomic E-state index is 14.9. The molecule has 164 valence electrons. The van der Waals surface area contributed by atoms with Crippen LogP contribution >= 0.6 is 0 Å². The Balaban J connectivity index is 1.84. The van der Waals surface area contributed by atoms with Crippen molar-refractivity contribution in [2.75, 3.05) is 0 Å². The highest BCUT2D eigenvalue weighted by molar-refractivity contribution is 5.36. The van der Waals surface area contributed by atoms with Gasteiger partial charge in [-0.1, -0.05) is 0 Å². The Bertz CT molecular complexity index is 979. The van der Waals surface area contributed by atoms with Gasteiger partial charge in [0.2, 0.25) is 0 Å². The van der Waals surface area contributed by atoms with Gasteiger partial charge in [-0.25, -0.2) is 8.78 Å². The van der Waals surface area contributed by atoms with E-state index in [0.717, 1.165) is 17.0 Å². The van der Waals surface area contributed by atoms with Gasteiger partial charge in [-0.3, -0.25) is 0 Å². The van der Waals surface area contributed by atoms with Gasteiger partial charge in [-0.05, 0) is 58.9 Å². The fourth-order valence-corrected chi connectivity index (χ4v) is 4.40. The zero-order valence-corrected chi connectivity index (χ0v) is 18.7. The zero-order valence-electron chi connectivity index (χ0n) is 18.7. The summed E-state index contributed by atoms with van der Waals surface area (Å²) >= 11 is 0. The molecule has 0 aliphatic heterocycles. The van der Waals surface area contributed by atoms with E-state index in [1.165, 1.54) is 23.1 Å². The number of aromatic nitrogens is 3. The Morgan fingerprint density at radius 1 is 0.533 bits per heavy atom. The average Bonchev–Trinajstić information content (AvgIpc) is 3.12. The van der Waals surface area contributed by atoms with Crippen LogP contribution in [0, 0.1) is 51.2 Å². The van der Waals surface area contributed by atoms with Crippen molar-refractivity contribution >= 4 is 0 Å². The van der Waals surface area contributed by atoms with Crippen molar-refractivity contribution in [3.05, 3.63) is 68.6 Å². The highest BCUT2D eigenvalue weighted by atomic mass is 19.1. The van der Waals surface area contributed by atoms with Crippen LogP contribution in [0.2, 0.25) is 0 Å². The van der Waals surface area contributed by atoms with Crippen molar-refractivity contribution in [3.8, 4) is 0 Å². The SMILES string of the molecule is Cc1c(F)c(CCc2c(C)c(CCc3c(F)c(C)n(C)c3C)n(C)c2F)n(C)c1F. The molecule has 0 bridgehead atoms. The van der Waals surface area contributed by atoms with Crippen molar-refractivity contribution in [1.29, 1.82) is 0 Å². The second-order valence-corrected chi connectivity index (χ2v) is 8.16. The third-order valence-corrected chi connectivity index (χ3v) is 6.67. The maximum atomic E-state index is 14.9. The summed E-state index contributed by atoms with van der Waals surface area (Å²) < 4.78 is 62.2. The van der Waals surface area contributed by atoms with E-state index in [1.807, 2.05) is 25.5 Å². The van der Waals surface area contributed by atoms with Crippen LogP contribution in [0.4, 0.5) is 17.6 Å². The Morgan fingerprint density at radius 2 is 1.07 bits per heavy atom. The molecule has 3 nitrogen and oxygen atoms in total. The standard InChI is InChI=1S/C23H29F4N3/c1-12-16(8-11-19-20(24)13(2)22(26)30(19)7)23(27)29(6)18(12)10-9-17-14(3)28(5)15(4)21(17)25/h8-11H2,1-7H3. The van der Waals surface area contributed by atoms with Crippen LogP contribution in [-0.4, -0.2) is 13.7 Å². The number of rotatable bonds is 6. The molecule has 30 heavy (non-hydrogen) atoms. The molecule has 0 saturated carbocycles. The largest absolute Gasteiger partial charge is 0.349 e. The van der Waals surface area contributed by atoms with Crippen LogP contribution in [0.25, 0.3) is 0 Å². The van der Waals surface area contributed by atoms with E-state index in [-0.39, 0.29) is 35.9 Å². The van der Waals surface area contributed by atoms with Gasteiger partial charge < -0.3 is 13.7 Å². The predicted molar refractivity (Wildman–Crippen MR) is 110 cm³/mol. The van der Waals surface area contributed by atoms with E-state index in [1.54, 1.807) is 14.0 Å². The van der Waals surface area contributed by atoms with E-state index >= 15 is 0 Å². The summed E-state index contributed by atoms with van der Waals surface area (Å²) in [7, 11) is 4.95. The lowest BCUT2D eigenvalue weighted by molar-refractivity contribution is 0.506. The van der Waals surface area contributed by atoms with Gasteiger partial charge in [0.05, 0.1) is 11.4 Å². The van der Waals surface area contributed by atoms with Gasteiger partial charge in [-0.2, -0.15) is 8.78 Å². The molecule has 0 fully saturated rings. The molecule has 3 heterocycles. The molecular weight excluding hydrogens is 394 g/mol. The quantitative estimate of drug-likeness (QED) is 0.492. The van der Waals surface area contributed by atoms with Crippen LogP contribution in [0.5, 0.6) is 0 Å². The minimum absolute atomic E-state index is 0.0194. The van der Waals surface area contributed by atoms with Crippen LogP contribution in [-0.2, 0) is 46.8 Å². The second-order valence-electron chi connectivity index (χ2n) is 8.16. The molecule has 0 aliphatic rings. The predicted octanol–water partition coefficient (Wildman–Crippen LogP) is 5.06.